The van der Waals surface area contributed by atoms with Gasteiger partial charge < -0.3 is 9.47 Å². The molecule has 0 aliphatic rings. The predicted molar refractivity (Wildman–Crippen MR) is 107 cm³/mol. The molecule has 0 aliphatic carbocycles. The Morgan fingerprint density at radius 2 is 2.04 bits per heavy atom. The maximum atomic E-state index is 12.3. The third-order valence-electron chi connectivity index (χ3n) is 3.45. The Morgan fingerprint density at radius 3 is 2.79 bits per heavy atom. The Hall–Kier alpha value is -2.72. The molecule has 8 nitrogen and oxygen atoms in total. The van der Waals surface area contributed by atoms with Gasteiger partial charge in [-0.05, 0) is 37.3 Å². The van der Waals surface area contributed by atoms with Crippen molar-refractivity contribution in [1.29, 1.82) is 0 Å². The van der Waals surface area contributed by atoms with Crippen LogP contribution in [0.1, 0.15) is 23.1 Å². The van der Waals surface area contributed by atoms with Crippen molar-refractivity contribution >= 4 is 44.3 Å². The topological polar surface area (TPSA) is 95.3 Å². The summed E-state index contributed by atoms with van der Waals surface area (Å²) in [7, 11) is 0. The van der Waals surface area contributed by atoms with Gasteiger partial charge >= 0.3 is 5.97 Å². The molecule has 2 aromatic heterocycles. The number of amides is 1. The lowest BCUT2D eigenvalue weighted by Crippen LogP contribution is -2.14. The zero-order valence-electron chi connectivity index (χ0n) is 14.9. The lowest BCUT2D eigenvalue weighted by atomic mass is 10.3. The minimum Gasteiger partial charge on any atom is -0.471 e. The number of carbonyl (C=O) groups is 2. The number of ether oxygens (including phenoxy) is 2. The Balaban J connectivity index is 1.53. The fraction of sp³-hybridized carbons (Fsp3) is 0.222. The average Bonchev–Trinajstić information content (AvgIpc) is 3.31. The highest BCUT2D eigenvalue weighted by molar-refractivity contribution is 9.10. The number of esters is 1. The number of hydrogen-bond donors (Lipinski definition) is 1. The molecular weight excluding hydrogens is 448 g/mol. The second kappa shape index (κ2) is 9.47. The third-order valence-corrected chi connectivity index (χ3v) is 4.79. The molecule has 0 radical (unpaired) electrons. The van der Waals surface area contributed by atoms with Crippen molar-refractivity contribution in [2.24, 2.45) is 0 Å². The van der Waals surface area contributed by atoms with Crippen LogP contribution in [0.25, 0.3) is 0 Å². The predicted octanol–water partition coefficient (Wildman–Crippen LogP) is 3.50. The maximum absolute atomic E-state index is 12.3. The minimum absolute atomic E-state index is 0.0717. The van der Waals surface area contributed by atoms with E-state index in [9.17, 15) is 9.59 Å². The lowest BCUT2D eigenvalue weighted by Gasteiger charge is -2.06. The number of carbonyl (C=O) groups excluding carboxylic acids is 2. The van der Waals surface area contributed by atoms with Crippen LogP contribution in [0, 0.1) is 0 Å². The van der Waals surface area contributed by atoms with Gasteiger partial charge in [-0.3, -0.25) is 14.9 Å². The summed E-state index contributed by atoms with van der Waals surface area (Å²) in [5.41, 5.74) is 0.786. The Bertz CT molecular complexity index is 955. The third kappa shape index (κ3) is 5.64. The number of nitrogens with zero attached hydrogens (tertiary/aromatic N) is 3. The number of anilines is 1. The first-order valence-electron chi connectivity index (χ1n) is 8.36. The van der Waals surface area contributed by atoms with Crippen molar-refractivity contribution < 1.29 is 19.1 Å². The fourth-order valence-electron chi connectivity index (χ4n) is 2.19. The molecule has 10 heteroatoms. The van der Waals surface area contributed by atoms with Gasteiger partial charge in [-0.2, -0.15) is 5.10 Å². The SMILES string of the molecule is CCOC(=O)Cc1csc(NC(=O)c2ccn(COc3ccc(Br)cc3)n2)n1. The highest BCUT2D eigenvalue weighted by Gasteiger charge is 2.14. The summed E-state index contributed by atoms with van der Waals surface area (Å²) >= 11 is 4.60. The summed E-state index contributed by atoms with van der Waals surface area (Å²) in [5, 5.41) is 8.96. The molecule has 28 heavy (non-hydrogen) atoms. The first-order chi connectivity index (χ1) is 13.5. The largest absolute Gasteiger partial charge is 0.471 e. The van der Waals surface area contributed by atoms with Crippen LogP contribution in [0.5, 0.6) is 5.75 Å². The molecule has 1 N–H and O–H groups in total. The number of rotatable bonds is 8. The van der Waals surface area contributed by atoms with E-state index in [1.54, 1.807) is 24.6 Å². The molecule has 0 fully saturated rings. The van der Waals surface area contributed by atoms with Gasteiger partial charge in [0, 0.05) is 16.0 Å². The summed E-state index contributed by atoms with van der Waals surface area (Å²) in [6.45, 7) is 2.24. The molecule has 0 unspecified atom stereocenters. The molecule has 0 bridgehead atoms. The number of aromatic nitrogens is 3. The smallest absolute Gasteiger partial charge is 0.311 e. The van der Waals surface area contributed by atoms with E-state index in [0.717, 1.165) is 4.47 Å². The number of thiazole rings is 1. The van der Waals surface area contributed by atoms with Crippen molar-refractivity contribution in [3.8, 4) is 5.75 Å². The lowest BCUT2D eigenvalue weighted by molar-refractivity contribution is -0.142. The Labute approximate surface area is 173 Å². The summed E-state index contributed by atoms with van der Waals surface area (Å²) < 4.78 is 13.0. The standard InChI is InChI=1S/C18H17BrN4O4S/c1-2-26-16(24)9-13-10-28-18(20-13)21-17(25)15-7-8-23(22-15)11-27-14-5-3-12(19)4-6-14/h3-8,10H,2,9,11H2,1H3,(H,20,21,25). The van der Waals surface area contributed by atoms with Crippen LogP contribution in [-0.2, 0) is 22.7 Å². The molecule has 2 heterocycles. The normalized spacial score (nSPS) is 10.5. The van der Waals surface area contributed by atoms with E-state index in [2.05, 4.69) is 31.3 Å². The van der Waals surface area contributed by atoms with E-state index in [1.165, 1.54) is 16.0 Å². The van der Waals surface area contributed by atoms with Gasteiger partial charge in [0.2, 0.25) is 0 Å². The Morgan fingerprint density at radius 1 is 1.25 bits per heavy atom. The molecular formula is C18H17BrN4O4S. The van der Waals surface area contributed by atoms with Gasteiger partial charge in [0.15, 0.2) is 17.6 Å². The van der Waals surface area contributed by atoms with Crippen LogP contribution in [0.15, 0.2) is 46.4 Å². The van der Waals surface area contributed by atoms with Crippen LogP contribution in [0.4, 0.5) is 5.13 Å². The fourth-order valence-corrected chi connectivity index (χ4v) is 3.16. The molecule has 0 aliphatic heterocycles. The molecule has 0 saturated carbocycles. The van der Waals surface area contributed by atoms with Gasteiger partial charge in [-0.15, -0.1) is 11.3 Å². The van der Waals surface area contributed by atoms with E-state index >= 15 is 0 Å². The molecule has 3 aromatic rings. The van der Waals surface area contributed by atoms with Gasteiger partial charge in [0.1, 0.15) is 5.75 Å². The number of benzene rings is 1. The molecule has 1 aromatic carbocycles. The molecule has 1 amide bonds. The van der Waals surface area contributed by atoms with Gasteiger partial charge in [-0.25, -0.2) is 9.67 Å². The minimum atomic E-state index is -0.389. The monoisotopic (exact) mass is 464 g/mol. The van der Waals surface area contributed by atoms with Crippen molar-refractivity contribution in [2.75, 3.05) is 11.9 Å². The van der Waals surface area contributed by atoms with Gasteiger partial charge in [0.05, 0.1) is 18.7 Å². The first-order valence-corrected chi connectivity index (χ1v) is 10.0. The quantitative estimate of drug-likeness (QED) is 0.512. The van der Waals surface area contributed by atoms with Crippen LogP contribution in [-0.4, -0.2) is 33.2 Å². The molecule has 0 saturated heterocycles. The zero-order chi connectivity index (χ0) is 19.9. The van der Waals surface area contributed by atoms with Gasteiger partial charge in [-0.1, -0.05) is 15.9 Å². The van der Waals surface area contributed by atoms with Crippen molar-refractivity contribution in [2.45, 2.75) is 20.1 Å². The van der Waals surface area contributed by atoms with E-state index in [-0.39, 0.29) is 30.7 Å². The van der Waals surface area contributed by atoms with Gasteiger partial charge in [0.25, 0.3) is 5.91 Å². The Kier molecular flexibility index (Phi) is 6.77. The summed E-state index contributed by atoms with van der Waals surface area (Å²) in [6.07, 6.45) is 1.73. The second-order valence-electron chi connectivity index (χ2n) is 5.55. The van der Waals surface area contributed by atoms with E-state index < -0.39 is 0 Å². The van der Waals surface area contributed by atoms with E-state index in [1.807, 2.05) is 24.3 Å². The highest BCUT2D eigenvalue weighted by Crippen LogP contribution is 2.18. The summed E-state index contributed by atoms with van der Waals surface area (Å²) in [4.78, 5) is 28.0. The number of hydrogen-bond acceptors (Lipinski definition) is 7. The highest BCUT2D eigenvalue weighted by atomic mass is 79.9. The first kappa shape index (κ1) is 20.0. The second-order valence-corrected chi connectivity index (χ2v) is 7.32. The molecule has 146 valence electrons. The van der Waals surface area contributed by atoms with E-state index in [0.29, 0.717) is 23.2 Å². The average molecular weight is 465 g/mol. The summed E-state index contributed by atoms with van der Waals surface area (Å²) in [6, 6.07) is 9.01. The number of nitrogens with one attached hydrogen (secondary N) is 1. The van der Waals surface area contributed by atoms with Crippen LogP contribution in [0.2, 0.25) is 0 Å². The molecule has 3 rings (SSSR count). The van der Waals surface area contributed by atoms with Crippen molar-refractivity contribution in [3.05, 3.63) is 57.8 Å². The molecule has 0 spiro atoms. The van der Waals surface area contributed by atoms with Crippen LogP contribution < -0.4 is 10.1 Å². The van der Waals surface area contributed by atoms with E-state index in [4.69, 9.17) is 9.47 Å². The van der Waals surface area contributed by atoms with Crippen LogP contribution >= 0.6 is 27.3 Å². The van der Waals surface area contributed by atoms with Crippen molar-refractivity contribution in [1.82, 2.24) is 14.8 Å². The molecule has 0 atom stereocenters. The maximum Gasteiger partial charge on any atom is 0.311 e. The number of halogens is 1. The summed E-state index contributed by atoms with van der Waals surface area (Å²) in [5.74, 6) is -0.0452. The van der Waals surface area contributed by atoms with Crippen molar-refractivity contribution in [3.63, 3.8) is 0 Å². The zero-order valence-corrected chi connectivity index (χ0v) is 17.3. The van der Waals surface area contributed by atoms with Crippen LogP contribution in [0.3, 0.4) is 0 Å².